The molecular weight excluding hydrogens is 599 g/mol. The highest BCUT2D eigenvalue weighted by Gasteiger charge is 2.67. The minimum absolute atomic E-state index is 0.00277. The number of anilines is 2. The van der Waals surface area contributed by atoms with Crippen molar-refractivity contribution in [3.8, 4) is 0 Å². The summed E-state index contributed by atoms with van der Waals surface area (Å²) in [4.78, 5) is 25.5. The van der Waals surface area contributed by atoms with Gasteiger partial charge in [-0.15, -0.1) is 23.2 Å². The largest absolute Gasteiger partial charge is 0.326 e. The third-order valence-corrected chi connectivity index (χ3v) is 7.21. The van der Waals surface area contributed by atoms with E-state index in [1.807, 2.05) is 0 Å². The summed E-state index contributed by atoms with van der Waals surface area (Å²) >= 11 is 21.5. The fourth-order valence-corrected chi connectivity index (χ4v) is 5.09. The molecule has 4 rings (SSSR count). The number of alkyl halides is 2. The van der Waals surface area contributed by atoms with E-state index in [0.29, 0.717) is 6.07 Å². The minimum atomic E-state index is -1.58. The van der Waals surface area contributed by atoms with Gasteiger partial charge in [0.05, 0.1) is 26.7 Å². The predicted molar refractivity (Wildman–Crippen MR) is 129 cm³/mol. The molecule has 0 radical (unpaired) electrons. The zero-order valence-corrected chi connectivity index (χ0v) is 21.0. The normalized spacial score (nSPS) is 18.2. The number of carbonyl (C=O) groups excluding carboxylic acids is 2. The molecule has 1 aliphatic carbocycles. The van der Waals surface area contributed by atoms with Crippen LogP contribution in [-0.2, 0) is 4.79 Å². The van der Waals surface area contributed by atoms with Crippen LogP contribution in [0.2, 0.25) is 5.02 Å². The van der Waals surface area contributed by atoms with Crippen LogP contribution in [-0.4, -0.2) is 16.1 Å². The van der Waals surface area contributed by atoms with Crippen molar-refractivity contribution in [2.45, 2.75) is 10.3 Å². The van der Waals surface area contributed by atoms with Crippen molar-refractivity contribution in [2.75, 3.05) is 10.6 Å². The monoisotopic (exact) mass is 608 g/mol. The Morgan fingerprint density at radius 1 is 0.914 bits per heavy atom. The van der Waals surface area contributed by atoms with Crippen molar-refractivity contribution in [1.29, 1.82) is 0 Å². The molecule has 3 aromatic carbocycles. The summed E-state index contributed by atoms with van der Waals surface area (Å²) in [7, 11) is 0. The average Bonchev–Trinajstić information content (AvgIpc) is 3.37. The maximum Gasteiger partial charge on any atom is 0.257 e. The molecule has 0 aromatic heterocycles. The average molecular weight is 611 g/mol. The number of benzene rings is 3. The molecule has 1 fully saturated rings. The first kappa shape index (κ1) is 25.8. The second kappa shape index (κ2) is 9.61. The van der Waals surface area contributed by atoms with E-state index in [-0.39, 0.29) is 32.0 Å². The number of amides is 2. The SMILES string of the molecule is O=C(Nc1ccc(F)cc1F)c1cc(NC(=O)C2C(c3cc(F)c(F)c(Br)c3)C2(Cl)Cl)ccc1Cl. The summed E-state index contributed by atoms with van der Waals surface area (Å²) in [5, 5.41) is 4.83. The Kier molecular flexibility index (Phi) is 7.07. The summed E-state index contributed by atoms with van der Waals surface area (Å²) in [6, 6.07) is 8.81. The van der Waals surface area contributed by atoms with Crippen molar-refractivity contribution in [2.24, 2.45) is 5.92 Å². The number of halogens is 8. The van der Waals surface area contributed by atoms with Gasteiger partial charge in [-0.25, -0.2) is 17.6 Å². The van der Waals surface area contributed by atoms with E-state index >= 15 is 0 Å². The van der Waals surface area contributed by atoms with Gasteiger partial charge in [-0.05, 0) is 64.0 Å². The highest BCUT2D eigenvalue weighted by atomic mass is 79.9. The van der Waals surface area contributed by atoms with Crippen LogP contribution in [0, 0.1) is 29.2 Å². The summed E-state index contributed by atoms with van der Waals surface area (Å²) in [6.45, 7) is 0. The molecule has 2 atom stereocenters. The van der Waals surface area contributed by atoms with E-state index in [9.17, 15) is 27.2 Å². The highest BCUT2D eigenvalue weighted by Crippen LogP contribution is 2.65. The van der Waals surface area contributed by atoms with Crippen LogP contribution in [0.15, 0.2) is 53.0 Å². The number of hydrogen-bond donors (Lipinski definition) is 2. The van der Waals surface area contributed by atoms with E-state index in [0.717, 1.165) is 18.2 Å². The molecule has 0 heterocycles. The standard InChI is InChI=1S/C23H12BrCl3F4N2O2/c24-13-5-9(6-16(30)20(13)31)18-19(23(18,26)27)22(35)32-11-2-3-14(25)12(8-11)21(34)33-17-4-1-10(28)7-15(17)29/h1-8,18-19H,(H,32,35)(H,33,34). The smallest absolute Gasteiger partial charge is 0.257 e. The topological polar surface area (TPSA) is 58.2 Å². The third-order valence-electron chi connectivity index (χ3n) is 5.36. The quantitative estimate of drug-likeness (QED) is 0.179. The maximum atomic E-state index is 13.9. The molecule has 0 aliphatic heterocycles. The van der Waals surface area contributed by atoms with E-state index in [1.54, 1.807) is 0 Å². The molecular formula is C23H12BrCl3F4N2O2. The number of nitrogens with one attached hydrogen (secondary N) is 2. The fourth-order valence-electron chi connectivity index (χ4n) is 3.60. The molecule has 1 aliphatic rings. The van der Waals surface area contributed by atoms with Crippen LogP contribution in [0.4, 0.5) is 28.9 Å². The molecule has 4 nitrogen and oxygen atoms in total. The van der Waals surface area contributed by atoms with Crippen LogP contribution >= 0.6 is 50.7 Å². The molecule has 35 heavy (non-hydrogen) atoms. The van der Waals surface area contributed by atoms with Gasteiger partial charge in [-0.1, -0.05) is 11.6 Å². The zero-order valence-electron chi connectivity index (χ0n) is 17.1. The Balaban J connectivity index is 1.52. The Morgan fingerprint density at radius 2 is 1.63 bits per heavy atom. The van der Waals surface area contributed by atoms with Gasteiger partial charge in [-0.3, -0.25) is 9.59 Å². The minimum Gasteiger partial charge on any atom is -0.326 e. The first-order valence-electron chi connectivity index (χ1n) is 9.79. The molecule has 3 aromatic rings. The molecule has 1 saturated carbocycles. The lowest BCUT2D eigenvalue weighted by Crippen LogP contribution is -2.18. The van der Waals surface area contributed by atoms with Crippen LogP contribution in [0.5, 0.6) is 0 Å². The molecule has 0 spiro atoms. The van der Waals surface area contributed by atoms with Gasteiger partial charge in [0.2, 0.25) is 5.91 Å². The van der Waals surface area contributed by atoms with Crippen molar-refractivity contribution in [3.05, 3.63) is 92.4 Å². The van der Waals surface area contributed by atoms with Crippen LogP contribution in [0.3, 0.4) is 0 Å². The van der Waals surface area contributed by atoms with Crippen molar-refractivity contribution in [3.63, 3.8) is 0 Å². The summed E-state index contributed by atoms with van der Waals surface area (Å²) in [5.74, 6) is -7.29. The molecule has 2 unspecified atom stereocenters. The second-order valence-electron chi connectivity index (χ2n) is 7.69. The molecule has 2 N–H and O–H groups in total. The summed E-state index contributed by atoms with van der Waals surface area (Å²) < 4.78 is 52.7. The fraction of sp³-hybridized carbons (Fsp3) is 0.130. The predicted octanol–water partition coefficient (Wildman–Crippen LogP) is 7.44. The van der Waals surface area contributed by atoms with Gasteiger partial charge >= 0.3 is 0 Å². The van der Waals surface area contributed by atoms with Gasteiger partial charge < -0.3 is 10.6 Å². The molecule has 0 bridgehead atoms. The number of hydrogen-bond acceptors (Lipinski definition) is 2. The zero-order chi connectivity index (χ0) is 25.7. The van der Waals surface area contributed by atoms with Crippen molar-refractivity contribution in [1.82, 2.24) is 0 Å². The molecule has 182 valence electrons. The Hall–Kier alpha value is -2.33. The first-order chi connectivity index (χ1) is 16.4. The number of rotatable bonds is 5. The van der Waals surface area contributed by atoms with Gasteiger partial charge in [0.15, 0.2) is 11.6 Å². The Morgan fingerprint density at radius 3 is 2.29 bits per heavy atom. The molecule has 12 heteroatoms. The lowest BCUT2D eigenvalue weighted by molar-refractivity contribution is -0.117. The maximum absolute atomic E-state index is 13.9. The van der Waals surface area contributed by atoms with Gasteiger partial charge in [0, 0.05) is 17.7 Å². The summed E-state index contributed by atoms with van der Waals surface area (Å²) in [6.07, 6.45) is 0. The van der Waals surface area contributed by atoms with Crippen LogP contribution in [0.25, 0.3) is 0 Å². The summed E-state index contributed by atoms with van der Waals surface area (Å²) in [5.41, 5.74) is -0.00799. The third kappa shape index (κ3) is 5.14. The van der Waals surface area contributed by atoms with Crippen molar-refractivity contribution >= 4 is 73.9 Å². The lowest BCUT2D eigenvalue weighted by Gasteiger charge is -2.11. The van der Waals surface area contributed by atoms with Gasteiger partial charge in [0.1, 0.15) is 16.0 Å². The van der Waals surface area contributed by atoms with E-state index in [1.165, 1.54) is 24.3 Å². The van der Waals surface area contributed by atoms with E-state index in [4.69, 9.17) is 34.8 Å². The number of carbonyl (C=O) groups is 2. The van der Waals surface area contributed by atoms with Crippen LogP contribution in [0.1, 0.15) is 21.8 Å². The Labute approximate surface area is 219 Å². The molecule has 2 amide bonds. The van der Waals surface area contributed by atoms with Gasteiger partial charge in [0.25, 0.3) is 5.91 Å². The van der Waals surface area contributed by atoms with Crippen LogP contribution < -0.4 is 10.6 Å². The van der Waals surface area contributed by atoms with E-state index < -0.39 is 51.3 Å². The molecule has 0 saturated heterocycles. The Bertz CT molecular complexity index is 1350. The second-order valence-corrected chi connectivity index (χ2v) is 10.4. The highest BCUT2D eigenvalue weighted by molar-refractivity contribution is 9.10. The van der Waals surface area contributed by atoms with Crippen molar-refractivity contribution < 1.29 is 27.2 Å². The van der Waals surface area contributed by atoms with Gasteiger partial charge in [-0.2, -0.15) is 0 Å². The lowest BCUT2D eigenvalue weighted by atomic mass is 10.1. The first-order valence-corrected chi connectivity index (χ1v) is 11.7. The van der Waals surface area contributed by atoms with E-state index in [2.05, 4.69) is 26.6 Å².